The molecule has 2 N–H and O–H groups in total. The zero-order valence-corrected chi connectivity index (χ0v) is 17.7. The van der Waals surface area contributed by atoms with Crippen LogP contribution in [-0.2, 0) is 0 Å². The van der Waals surface area contributed by atoms with Gasteiger partial charge in [0.05, 0.1) is 6.10 Å². The van der Waals surface area contributed by atoms with E-state index in [1.54, 1.807) is 6.20 Å². The SMILES string of the molecule is CC/C=C(\CC)c1c(N2CCC(O)CC2)ccnc1Nc1ccc(OC(F)(F)F)cc1. The third kappa shape index (κ3) is 6.13. The van der Waals surface area contributed by atoms with Crippen molar-refractivity contribution < 1.29 is 23.0 Å². The first-order valence-electron chi connectivity index (χ1n) is 10.5. The summed E-state index contributed by atoms with van der Waals surface area (Å²) in [4.78, 5) is 6.80. The van der Waals surface area contributed by atoms with Gasteiger partial charge in [0.25, 0.3) is 0 Å². The number of halogens is 3. The molecule has 0 aliphatic carbocycles. The average molecular weight is 435 g/mol. The molecule has 168 valence electrons. The summed E-state index contributed by atoms with van der Waals surface area (Å²) >= 11 is 0. The van der Waals surface area contributed by atoms with Gasteiger partial charge in [-0.15, -0.1) is 13.2 Å². The molecule has 1 fully saturated rings. The lowest BCUT2D eigenvalue weighted by atomic mass is 9.98. The molecule has 3 rings (SSSR count). The molecular formula is C23H28F3N3O2. The summed E-state index contributed by atoms with van der Waals surface area (Å²) in [7, 11) is 0. The highest BCUT2D eigenvalue weighted by molar-refractivity contribution is 5.85. The smallest absolute Gasteiger partial charge is 0.406 e. The van der Waals surface area contributed by atoms with E-state index in [2.05, 4.69) is 39.9 Å². The number of nitrogens with zero attached hydrogens (tertiary/aromatic N) is 2. The van der Waals surface area contributed by atoms with Crippen LogP contribution in [0.15, 0.2) is 42.6 Å². The number of benzene rings is 1. The molecule has 0 atom stereocenters. The van der Waals surface area contributed by atoms with Gasteiger partial charge >= 0.3 is 6.36 Å². The molecule has 1 aliphatic rings. The van der Waals surface area contributed by atoms with Gasteiger partial charge in [0, 0.05) is 36.2 Å². The minimum absolute atomic E-state index is 0.270. The Hall–Kier alpha value is -2.74. The Bertz CT molecular complexity index is 890. The largest absolute Gasteiger partial charge is 0.573 e. The van der Waals surface area contributed by atoms with Crippen LogP contribution in [0.5, 0.6) is 5.75 Å². The normalized spacial score (nSPS) is 15.8. The highest BCUT2D eigenvalue weighted by Gasteiger charge is 2.31. The number of pyridine rings is 1. The van der Waals surface area contributed by atoms with Gasteiger partial charge in [-0.05, 0) is 61.6 Å². The number of piperidine rings is 1. The van der Waals surface area contributed by atoms with Crippen molar-refractivity contribution in [3.63, 3.8) is 0 Å². The van der Waals surface area contributed by atoms with Gasteiger partial charge < -0.3 is 20.1 Å². The third-order valence-corrected chi connectivity index (χ3v) is 5.24. The molecule has 0 unspecified atom stereocenters. The van der Waals surface area contributed by atoms with Crippen molar-refractivity contribution in [3.8, 4) is 5.75 Å². The standard InChI is InChI=1S/C23H28F3N3O2/c1-3-5-16(4-2)21-20(29-14-11-18(30)12-15-29)10-13-27-22(21)28-17-6-8-19(9-7-17)31-23(24,25)26/h5-10,13,18,30H,3-4,11-12,14-15H2,1-2H3,(H,27,28)/b16-5+. The van der Waals surface area contributed by atoms with E-state index in [1.807, 2.05) is 6.07 Å². The van der Waals surface area contributed by atoms with Crippen LogP contribution in [0.2, 0.25) is 0 Å². The second-order valence-corrected chi connectivity index (χ2v) is 7.46. The minimum Gasteiger partial charge on any atom is -0.406 e. The predicted octanol–water partition coefficient (Wildman–Crippen LogP) is 5.89. The van der Waals surface area contributed by atoms with E-state index in [1.165, 1.54) is 24.3 Å². The number of hydrogen-bond donors (Lipinski definition) is 2. The molecular weight excluding hydrogens is 407 g/mol. The van der Waals surface area contributed by atoms with Crippen LogP contribution in [0.25, 0.3) is 5.57 Å². The lowest BCUT2D eigenvalue weighted by Crippen LogP contribution is -2.36. The molecule has 31 heavy (non-hydrogen) atoms. The fourth-order valence-corrected chi connectivity index (χ4v) is 3.78. The lowest BCUT2D eigenvalue weighted by molar-refractivity contribution is -0.274. The number of ether oxygens (including phenoxy) is 1. The second-order valence-electron chi connectivity index (χ2n) is 7.46. The molecule has 0 radical (unpaired) electrons. The molecule has 1 saturated heterocycles. The van der Waals surface area contributed by atoms with E-state index in [0.717, 1.165) is 42.8 Å². The maximum Gasteiger partial charge on any atom is 0.573 e. The van der Waals surface area contributed by atoms with E-state index in [9.17, 15) is 18.3 Å². The van der Waals surface area contributed by atoms with Crippen molar-refractivity contribution in [2.24, 2.45) is 0 Å². The van der Waals surface area contributed by atoms with Gasteiger partial charge in [-0.25, -0.2) is 4.98 Å². The summed E-state index contributed by atoms with van der Waals surface area (Å²) in [5.74, 6) is 0.377. The number of aliphatic hydroxyl groups excluding tert-OH is 1. The number of alkyl halides is 3. The number of aliphatic hydroxyl groups is 1. The Labute approximate surface area is 180 Å². The molecule has 0 amide bonds. The van der Waals surface area contributed by atoms with Crippen molar-refractivity contribution in [2.45, 2.75) is 52.0 Å². The predicted molar refractivity (Wildman–Crippen MR) is 117 cm³/mol. The first-order chi connectivity index (χ1) is 14.8. The maximum absolute atomic E-state index is 12.4. The third-order valence-electron chi connectivity index (χ3n) is 5.24. The lowest BCUT2D eigenvalue weighted by Gasteiger charge is -2.33. The Morgan fingerprint density at radius 2 is 1.87 bits per heavy atom. The Morgan fingerprint density at radius 3 is 2.45 bits per heavy atom. The fraction of sp³-hybridized carbons (Fsp3) is 0.435. The van der Waals surface area contributed by atoms with Crippen molar-refractivity contribution in [1.29, 1.82) is 0 Å². The molecule has 5 nitrogen and oxygen atoms in total. The van der Waals surface area contributed by atoms with Crippen molar-refractivity contribution in [3.05, 3.63) is 48.2 Å². The molecule has 1 aromatic carbocycles. The van der Waals surface area contributed by atoms with Gasteiger partial charge in [0.15, 0.2) is 0 Å². The molecule has 1 aromatic heterocycles. The Morgan fingerprint density at radius 1 is 1.19 bits per heavy atom. The van der Waals surface area contributed by atoms with Crippen molar-refractivity contribution in [2.75, 3.05) is 23.3 Å². The molecule has 0 saturated carbocycles. The van der Waals surface area contributed by atoms with E-state index in [-0.39, 0.29) is 11.9 Å². The van der Waals surface area contributed by atoms with E-state index in [0.29, 0.717) is 24.3 Å². The van der Waals surface area contributed by atoms with Gasteiger partial charge in [0.2, 0.25) is 0 Å². The van der Waals surface area contributed by atoms with Gasteiger partial charge in [0.1, 0.15) is 11.6 Å². The Balaban J connectivity index is 1.94. The number of aromatic nitrogens is 1. The molecule has 2 heterocycles. The van der Waals surface area contributed by atoms with Gasteiger partial charge in [-0.3, -0.25) is 0 Å². The summed E-state index contributed by atoms with van der Waals surface area (Å²) in [6.07, 6.45) is 2.02. The van der Waals surface area contributed by atoms with Crippen LogP contribution in [0, 0.1) is 0 Å². The summed E-state index contributed by atoms with van der Waals surface area (Å²) in [5, 5.41) is 13.1. The quantitative estimate of drug-likeness (QED) is 0.568. The minimum atomic E-state index is -4.72. The van der Waals surface area contributed by atoms with Gasteiger partial charge in [-0.1, -0.05) is 19.9 Å². The second kappa shape index (κ2) is 10.0. The number of rotatable bonds is 7. The highest BCUT2D eigenvalue weighted by atomic mass is 19.4. The highest BCUT2D eigenvalue weighted by Crippen LogP contribution is 2.37. The molecule has 0 spiro atoms. The van der Waals surface area contributed by atoms with Crippen LogP contribution in [0.4, 0.5) is 30.4 Å². The average Bonchev–Trinajstić information content (AvgIpc) is 2.73. The molecule has 2 aromatic rings. The topological polar surface area (TPSA) is 57.6 Å². The first kappa shape index (κ1) is 22.9. The van der Waals surface area contributed by atoms with Gasteiger partial charge in [-0.2, -0.15) is 0 Å². The number of nitrogens with one attached hydrogen (secondary N) is 1. The summed E-state index contributed by atoms with van der Waals surface area (Å²) in [6, 6.07) is 7.59. The van der Waals surface area contributed by atoms with Crippen molar-refractivity contribution >= 4 is 22.8 Å². The zero-order chi connectivity index (χ0) is 22.4. The van der Waals surface area contributed by atoms with E-state index in [4.69, 9.17) is 0 Å². The van der Waals surface area contributed by atoms with E-state index < -0.39 is 6.36 Å². The summed E-state index contributed by atoms with van der Waals surface area (Å²) in [5.41, 5.74) is 3.79. The molecule has 1 aliphatic heterocycles. The Kier molecular flexibility index (Phi) is 7.43. The van der Waals surface area contributed by atoms with Crippen molar-refractivity contribution in [1.82, 2.24) is 4.98 Å². The van der Waals surface area contributed by atoms with Crippen LogP contribution < -0.4 is 15.0 Å². The van der Waals surface area contributed by atoms with Crippen LogP contribution in [-0.4, -0.2) is 35.6 Å². The monoisotopic (exact) mass is 435 g/mol. The number of anilines is 3. The number of hydrogen-bond acceptors (Lipinski definition) is 5. The van der Waals surface area contributed by atoms with Crippen LogP contribution in [0.1, 0.15) is 45.1 Å². The number of allylic oxidation sites excluding steroid dienone is 2. The summed E-state index contributed by atoms with van der Waals surface area (Å²) < 4.78 is 41.2. The first-order valence-corrected chi connectivity index (χ1v) is 10.5. The molecule has 0 bridgehead atoms. The summed E-state index contributed by atoms with van der Waals surface area (Å²) in [6.45, 7) is 5.68. The fourth-order valence-electron chi connectivity index (χ4n) is 3.78. The van der Waals surface area contributed by atoms with Crippen LogP contribution in [0.3, 0.4) is 0 Å². The van der Waals surface area contributed by atoms with Crippen LogP contribution >= 0.6 is 0 Å². The maximum atomic E-state index is 12.4. The molecule has 8 heteroatoms. The van der Waals surface area contributed by atoms with E-state index >= 15 is 0 Å². The zero-order valence-electron chi connectivity index (χ0n) is 17.7.